The van der Waals surface area contributed by atoms with E-state index in [0.717, 1.165) is 30.4 Å². The molecule has 128 valence electrons. The minimum atomic E-state index is -0.116. The van der Waals surface area contributed by atoms with E-state index < -0.39 is 0 Å². The van der Waals surface area contributed by atoms with Gasteiger partial charge in [0.05, 0.1) is 6.61 Å². The van der Waals surface area contributed by atoms with Gasteiger partial charge in [-0.25, -0.2) is 4.98 Å². The number of carbonyl (C=O) groups excluding carboxylic acids is 1. The SMILES string of the molecule is CC(=O)Nc1ncc(C)[nH]1.CC1(C)C[C@H]1c1cccc2c1CCO2. The summed E-state index contributed by atoms with van der Waals surface area (Å²) in [5.74, 6) is 2.30. The highest BCUT2D eigenvalue weighted by Crippen LogP contribution is 2.60. The van der Waals surface area contributed by atoms with Crippen LogP contribution in [0.2, 0.25) is 0 Å². The molecule has 2 aliphatic rings. The predicted molar refractivity (Wildman–Crippen MR) is 94.4 cm³/mol. The molecule has 1 aliphatic heterocycles. The predicted octanol–water partition coefficient (Wildman–Crippen LogP) is 3.81. The van der Waals surface area contributed by atoms with Crippen LogP contribution in [0, 0.1) is 12.3 Å². The Balaban J connectivity index is 0.000000150. The van der Waals surface area contributed by atoms with Crippen LogP contribution in [-0.2, 0) is 11.2 Å². The Hall–Kier alpha value is -2.30. The lowest BCUT2D eigenvalue weighted by atomic mass is 9.97. The van der Waals surface area contributed by atoms with E-state index in [9.17, 15) is 4.79 Å². The van der Waals surface area contributed by atoms with E-state index in [-0.39, 0.29) is 5.91 Å². The van der Waals surface area contributed by atoms with Crippen LogP contribution in [0.1, 0.15) is 49.9 Å². The van der Waals surface area contributed by atoms with Gasteiger partial charge in [-0.2, -0.15) is 0 Å². The van der Waals surface area contributed by atoms with Crippen molar-refractivity contribution in [2.75, 3.05) is 11.9 Å². The van der Waals surface area contributed by atoms with Crippen LogP contribution in [0.4, 0.5) is 5.95 Å². The van der Waals surface area contributed by atoms with Crippen molar-refractivity contribution in [2.45, 2.75) is 46.5 Å². The highest BCUT2D eigenvalue weighted by atomic mass is 16.5. The maximum atomic E-state index is 10.5. The molecule has 5 heteroatoms. The van der Waals surface area contributed by atoms with Gasteiger partial charge in [0.15, 0.2) is 0 Å². The van der Waals surface area contributed by atoms with Crippen molar-refractivity contribution >= 4 is 11.9 Å². The lowest BCUT2D eigenvalue weighted by Gasteiger charge is -2.08. The number of fused-ring (bicyclic) bond motifs is 1. The van der Waals surface area contributed by atoms with Crippen molar-refractivity contribution < 1.29 is 9.53 Å². The van der Waals surface area contributed by atoms with Crippen LogP contribution in [0.25, 0.3) is 0 Å². The monoisotopic (exact) mass is 327 g/mol. The molecule has 1 atom stereocenters. The molecular formula is C19H25N3O2. The van der Waals surface area contributed by atoms with Gasteiger partial charge >= 0.3 is 0 Å². The van der Waals surface area contributed by atoms with Crippen LogP contribution in [0.15, 0.2) is 24.4 Å². The summed E-state index contributed by atoms with van der Waals surface area (Å²) in [4.78, 5) is 17.2. The first-order valence-electron chi connectivity index (χ1n) is 8.40. The van der Waals surface area contributed by atoms with Gasteiger partial charge in [0.1, 0.15) is 5.75 Å². The molecule has 2 aromatic rings. The summed E-state index contributed by atoms with van der Waals surface area (Å²) in [6.45, 7) is 8.90. The van der Waals surface area contributed by atoms with Crippen LogP contribution >= 0.6 is 0 Å². The summed E-state index contributed by atoms with van der Waals surface area (Å²) in [7, 11) is 0. The van der Waals surface area contributed by atoms with Crippen molar-refractivity contribution in [3.8, 4) is 5.75 Å². The van der Waals surface area contributed by atoms with Gasteiger partial charge in [-0.05, 0) is 36.3 Å². The summed E-state index contributed by atoms with van der Waals surface area (Å²) in [5.41, 5.74) is 4.48. The molecule has 1 amide bonds. The highest BCUT2D eigenvalue weighted by molar-refractivity contribution is 5.86. The van der Waals surface area contributed by atoms with Gasteiger partial charge in [0.2, 0.25) is 11.9 Å². The average molecular weight is 327 g/mol. The van der Waals surface area contributed by atoms with Gasteiger partial charge in [0, 0.05) is 30.8 Å². The van der Waals surface area contributed by atoms with E-state index in [1.165, 1.54) is 18.9 Å². The molecule has 0 spiro atoms. The Morgan fingerprint density at radius 1 is 1.42 bits per heavy atom. The number of rotatable bonds is 2. The fourth-order valence-electron chi connectivity index (χ4n) is 3.22. The molecule has 1 aliphatic carbocycles. The lowest BCUT2D eigenvalue weighted by Crippen LogP contribution is -2.06. The van der Waals surface area contributed by atoms with Gasteiger partial charge in [0.25, 0.3) is 0 Å². The molecule has 2 heterocycles. The minimum absolute atomic E-state index is 0.116. The molecule has 1 aromatic carbocycles. The molecule has 2 N–H and O–H groups in total. The molecule has 0 bridgehead atoms. The highest BCUT2D eigenvalue weighted by Gasteiger charge is 2.47. The van der Waals surface area contributed by atoms with Crippen molar-refractivity contribution in [3.63, 3.8) is 0 Å². The van der Waals surface area contributed by atoms with Crippen LogP contribution in [0.5, 0.6) is 5.75 Å². The van der Waals surface area contributed by atoms with Gasteiger partial charge in [-0.15, -0.1) is 0 Å². The van der Waals surface area contributed by atoms with E-state index in [0.29, 0.717) is 11.4 Å². The maximum absolute atomic E-state index is 10.5. The molecule has 1 aromatic heterocycles. The zero-order valence-electron chi connectivity index (χ0n) is 14.8. The summed E-state index contributed by atoms with van der Waals surface area (Å²) >= 11 is 0. The van der Waals surface area contributed by atoms with Gasteiger partial charge in [-0.3, -0.25) is 10.1 Å². The van der Waals surface area contributed by atoms with E-state index in [4.69, 9.17) is 4.74 Å². The third kappa shape index (κ3) is 3.61. The van der Waals surface area contributed by atoms with Crippen LogP contribution in [0.3, 0.4) is 0 Å². The molecule has 24 heavy (non-hydrogen) atoms. The number of aryl methyl sites for hydroxylation is 1. The van der Waals surface area contributed by atoms with E-state index in [1.807, 2.05) is 6.92 Å². The molecular weight excluding hydrogens is 302 g/mol. The molecule has 4 rings (SSSR count). The second-order valence-corrected chi connectivity index (χ2v) is 7.26. The lowest BCUT2D eigenvalue weighted by molar-refractivity contribution is -0.114. The Morgan fingerprint density at radius 3 is 2.75 bits per heavy atom. The second-order valence-electron chi connectivity index (χ2n) is 7.26. The van der Waals surface area contributed by atoms with E-state index >= 15 is 0 Å². The number of benzene rings is 1. The number of hydrogen-bond acceptors (Lipinski definition) is 3. The number of imidazole rings is 1. The van der Waals surface area contributed by atoms with E-state index in [1.54, 1.807) is 11.8 Å². The summed E-state index contributed by atoms with van der Waals surface area (Å²) in [6, 6.07) is 6.52. The topological polar surface area (TPSA) is 67.0 Å². The molecule has 0 saturated heterocycles. The van der Waals surface area contributed by atoms with E-state index in [2.05, 4.69) is 47.3 Å². The number of carbonyl (C=O) groups is 1. The first kappa shape index (κ1) is 16.6. The van der Waals surface area contributed by atoms with Gasteiger partial charge < -0.3 is 9.72 Å². The molecule has 5 nitrogen and oxygen atoms in total. The number of aromatic nitrogens is 2. The largest absolute Gasteiger partial charge is 0.493 e. The van der Waals surface area contributed by atoms with Crippen molar-refractivity contribution in [1.82, 2.24) is 9.97 Å². The Kier molecular flexibility index (Phi) is 4.35. The zero-order valence-corrected chi connectivity index (χ0v) is 14.8. The second kappa shape index (κ2) is 6.30. The molecule has 0 unspecified atom stereocenters. The summed E-state index contributed by atoms with van der Waals surface area (Å²) in [6.07, 6.45) is 4.10. The number of ether oxygens (including phenoxy) is 1. The van der Waals surface area contributed by atoms with Crippen LogP contribution in [-0.4, -0.2) is 22.5 Å². The fraction of sp³-hybridized carbons (Fsp3) is 0.474. The maximum Gasteiger partial charge on any atom is 0.223 e. The quantitative estimate of drug-likeness (QED) is 0.881. The first-order valence-corrected chi connectivity index (χ1v) is 8.40. The number of nitrogens with one attached hydrogen (secondary N) is 2. The third-order valence-electron chi connectivity index (χ3n) is 4.67. The van der Waals surface area contributed by atoms with Gasteiger partial charge in [-0.1, -0.05) is 26.0 Å². The van der Waals surface area contributed by atoms with Crippen molar-refractivity contribution in [1.29, 1.82) is 0 Å². The number of nitrogens with zero attached hydrogens (tertiary/aromatic N) is 1. The number of anilines is 1. The zero-order chi connectivity index (χ0) is 17.3. The minimum Gasteiger partial charge on any atom is -0.493 e. The third-order valence-corrected chi connectivity index (χ3v) is 4.67. The fourth-order valence-corrected chi connectivity index (χ4v) is 3.22. The molecule has 0 radical (unpaired) electrons. The Labute approximate surface area is 142 Å². The smallest absolute Gasteiger partial charge is 0.223 e. The van der Waals surface area contributed by atoms with Crippen molar-refractivity contribution in [2.24, 2.45) is 5.41 Å². The summed E-state index contributed by atoms with van der Waals surface area (Å²) < 4.78 is 5.59. The number of amides is 1. The van der Waals surface area contributed by atoms with Crippen molar-refractivity contribution in [3.05, 3.63) is 41.2 Å². The first-order chi connectivity index (χ1) is 11.4. The standard InChI is InChI=1S/C13H16O.C6H9N3O/c1-13(2)8-11(13)9-4-3-5-12-10(9)6-7-14-12;1-4-3-7-6(8-4)9-5(2)10/h3-5,11H,6-8H2,1-2H3;3H,1-2H3,(H2,7,8,9,10)/t11-;/m0./s1. The Morgan fingerprint density at radius 2 is 2.17 bits per heavy atom. The number of H-pyrrole nitrogens is 1. The Bertz CT molecular complexity index is 749. The molecule has 1 fully saturated rings. The normalized spacial score (nSPS) is 19.6. The number of aromatic amines is 1. The average Bonchev–Trinajstić information content (AvgIpc) is 2.89. The summed E-state index contributed by atoms with van der Waals surface area (Å²) in [5, 5.41) is 2.52. The molecule has 1 saturated carbocycles. The number of hydrogen-bond donors (Lipinski definition) is 2. The van der Waals surface area contributed by atoms with Crippen LogP contribution < -0.4 is 10.1 Å².